The summed E-state index contributed by atoms with van der Waals surface area (Å²) in [4.78, 5) is 27.3. The van der Waals surface area contributed by atoms with Crippen molar-refractivity contribution in [3.63, 3.8) is 0 Å². The van der Waals surface area contributed by atoms with E-state index in [1.165, 1.54) is 0 Å². The molecule has 6 heteroatoms. The molecule has 0 saturated carbocycles. The van der Waals surface area contributed by atoms with Gasteiger partial charge in [0.2, 0.25) is 5.91 Å². The highest BCUT2D eigenvalue weighted by Crippen LogP contribution is 2.39. The fourth-order valence-corrected chi connectivity index (χ4v) is 2.98. The van der Waals surface area contributed by atoms with Crippen LogP contribution >= 0.6 is 0 Å². The summed E-state index contributed by atoms with van der Waals surface area (Å²) in [5.74, 6) is 0.773. The largest absolute Gasteiger partial charge is 0.497 e. The lowest BCUT2D eigenvalue weighted by molar-refractivity contribution is -0.149. The molecule has 1 fully saturated rings. The highest BCUT2D eigenvalue weighted by atomic mass is 16.5. The molecule has 26 heavy (non-hydrogen) atoms. The zero-order valence-electron chi connectivity index (χ0n) is 15.0. The first kappa shape index (κ1) is 17.8. The minimum atomic E-state index is -1.24. The lowest BCUT2D eigenvalue weighted by atomic mass is 9.89. The van der Waals surface area contributed by atoms with Crippen molar-refractivity contribution in [1.29, 1.82) is 0 Å². The Morgan fingerprint density at radius 3 is 2.31 bits per heavy atom. The van der Waals surface area contributed by atoms with Crippen molar-refractivity contribution in [3.05, 3.63) is 48.5 Å². The number of hydrogen-bond acceptors (Lipinski definition) is 5. The third-order valence-corrected chi connectivity index (χ3v) is 4.65. The smallest absolute Gasteiger partial charge is 0.326 e. The molecule has 1 atom stereocenters. The molecular weight excluding hydrogens is 334 g/mol. The Labute approximate surface area is 152 Å². The van der Waals surface area contributed by atoms with E-state index >= 15 is 0 Å². The molecule has 2 aromatic carbocycles. The Balaban J connectivity index is 1.79. The maximum absolute atomic E-state index is 13.0. The van der Waals surface area contributed by atoms with Gasteiger partial charge in [0.15, 0.2) is 0 Å². The second kappa shape index (κ2) is 7.07. The summed E-state index contributed by atoms with van der Waals surface area (Å²) in [5.41, 5.74) is -0.582. The number of hydrogen-bond donors (Lipinski definition) is 0. The van der Waals surface area contributed by atoms with Gasteiger partial charge in [0.25, 0.3) is 0 Å². The molecule has 6 nitrogen and oxygen atoms in total. The first-order valence-corrected chi connectivity index (χ1v) is 8.31. The fraction of sp³-hybridized carbons (Fsp3) is 0.300. The third-order valence-electron chi connectivity index (χ3n) is 4.65. The van der Waals surface area contributed by atoms with E-state index in [1.807, 2.05) is 12.1 Å². The van der Waals surface area contributed by atoms with E-state index in [1.54, 1.807) is 62.4 Å². The summed E-state index contributed by atoms with van der Waals surface area (Å²) >= 11 is 0. The van der Waals surface area contributed by atoms with Crippen LogP contribution in [0.25, 0.3) is 0 Å². The molecule has 1 heterocycles. The Hall–Kier alpha value is -3.02. The van der Waals surface area contributed by atoms with Gasteiger partial charge in [-0.05, 0) is 49.7 Å². The van der Waals surface area contributed by atoms with E-state index in [0.29, 0.717) is 35.9 Å². The van der Waals surface area contributed by atoms with Gasteiger partial charge in [-0.25, -0.2) is 0 Å². The molecule has 2 aromatic rings. The van der Waals surface area contributed by atoms with Gasteiger partial charge >= 0.3 is 5.97 Å². The van der Waals surface area contributed by atoms with Gasteiger partial charge in [-0.1, -0.05) is 12.1 Å². The number of rotatable bonds is 5. The quantitative estimate of drug-likeness (QED) is 0.469. The summed E-state index contributed by atoms with van der Waals surface area (Å²) in [7, 11) is 3.11. The SMILES string of the molecule is COc1ccc(OC(=O)[C@]2(C)CCN(c3ccccc3OC)C2=O)cc1. The minimum Gasteiger partial charge on any atom is -0.497 e. The molecule has 0 aromatic heterocycles. The minimum absolute atomic E-state index is 0.291. The molecular formula is C20H21NO5. The highest BCUT2D eigenvalue weighted by Gasteiger charge is 2.51. The molecule has 0 N–H and O–H groups in total. The van der Waals surface area contributed by atoms with E-state index in [2.05, 4.69) is 0 Å². The van der Waals surface area contributed by atoms with Crippen LogP contribution in [-0.4, -0.2) is 32.6 Å². The highest BCUT2D eigenvalue weighted by molar-refractivity contribution is 6.12. The normalized spacial score (nSPS) is 19.3. The molecule has 0 unspecified atom stereocenters. The third kappa shape index (κ3) is 3.10. The van der Waals surface area contributed by atoms with Crippen LogP contribution in [0, 0.1) is 5.41 Å². The number of methoxy groups -OCH3 is 2. The van der Waals surface area contributed by atoms with Gasteiger partial charge < -0.3 is 19.1 Å². The summed E-state index contributed by atoms with van der Waals surface area (Å²) < 4.78 is 15.9. The first-order valence-electron chi connectivity index (χ1n) is 8.31. The number of carbonyl (C=O) groups excluding carboxylic acids is 2. The number of para-hydroxylation sites is 2. The van der Waals surface area contributed by atoms with Gasteiger partial charge in [0.1, 0.15) is 22.7 Å². The average molecular weight is 355 g/mol. The van der Waals surface area contributed by atoms with E-state index < -0.39 is 11.4 Å². The van der Waals surface area contributed by atoms with E-state index in [0.717, 1.165) is 0 Å². The molecule has 0 aliphatic carbocycles. The number of carbonyl (C=O) groups is 2. The molecule has 136 valence electrons. The Morgan fingerprint density at radius 2 is 1.65 bits per heavy atom. The van der Waals surface area contributed by atoms with Crippen LogP contribution < -0.4 is 19.1 Å². The summed E-state index contributed by atoms with van der Waals surface area (Å²) in [6.45, 7) is 2.05. The Kier molecular flexibility index (Phi) is 4.84. The topological polar surface area (TPSA) is 65.1 Å². The first-order chi connectivity index (χ1) is 12.5. The van der Waals surface area contributed by atoms with Crippen LogP contribution in [0.2, 0.25) is 0 Å². The van der Waals surface area contributed by atoms with Gasteiger partial charge in [0.05, 0.1) is 19.9 Å². The van der Waals surface area contributed by atoms with Crippen molar-refractivity contribution >= 4 is 17.6 Å². The monoisotopic (exact) mass is 355 g/mol. The van der Waals surface area contributed by atoms with Crippen molar-refractivity contribution in [2.45, 2.75) is 13.3 Å². The van der Waals surface area contributed by atoms with Crippen molar-refractivity contribution in [2.75, 3.05) is 25.7 Å². The van der Waals surface area contributed by atoms with E-state index in [4.69, 9.17) is 14.2 Å². The van der Waals surface area contributed by atoms with Crippen LogP contribution in [0.4, 0.5) is 5.69 Å². The number of esters is 1. The Bertz CT molecular complexity index is 817. The average Bonchev–Trinajstić information content (AvgIpc) is 2.98. The van der Waals surface area contributed by atoms with Crippen molar-refractivity contribution in [1.82, 2.24) is 0 Å². The predicted molar refractivity (Wildman–Crippen MR) is 96.7 cm³/mol. The van der Waals surface area contributed by atoms with E-state index in [9.17, 15) is 9.59 Å². The van der Waals surface area contributed by atoms with Crippen LogP contribution in [0.15, 0.2) is 48.5 Å². The van der Waals surface area contributed by atoms with Crippen LogP contribution in [0.3, 0.4) is 0 Å². The van der Waals surface area contributed by atoms with Crippen molar-refractivity contribution in [2.24, 2.45) is 5.41 Å². The number of anilines is 1. The lowest BCUT2D eigenvalue weighted by Gasteiger charge is -2.23. The summed E-state index contributed by atoms with van der Waals surface area (Å²) in [5, 5.41) is 0. The number of ether oxygens (including phenoxy) is 3. The molecule has 1 saturated heterocycles. The second-order valence-corrected chi connectivity index (χ2v) is 6.28. The number of benzene rings is 2. The van der Waals surface area contributed by atoms with Gasteiger partial charge in [-0.3, -0.25) is 9.59 Å². The van der Waals surface area contributed by atoms with Gasteiger partial charge in [0, 0.05) is 6.54 Å². The molecule has 1 aliphatic heterocycles. The molecule has 0 spiro atoms. The van der Waals surface area contributed by atoms with Crippen LogP contribution in [-0.2, 0) is 9.59 Å². The van der Waals surface area contributed by atoms with Crippen molar-refractivity contribution < 1.29 is 23.8 Å². The summed E-state index contributed by atoms with van der Waals surface area (Å²) in [6, 6.07) is 13.9. The van der Waals surface area contributed by atoms with Crippen molar-refractivity contribution in [3.8, 4) is 17.2 Å². The van der Waals surface area contributed by atoms with E-state index in [-0.39, 0.29) is 5.91 Å². The molecule has 3 rings (SSSR count). The summed E-state index contributed by atoms with van der Waals surface area (Å²) in [6.07, 6.45) is 0.374. The maximum Gasteiger partial charge on any atom is 0.326 e. The predicted octanol–water partition coefficient (Wildman–Crippen LogP) is 3.05. The number of nitrogens with zero attached hydrogens (tertiary/aromatic N) is 1. The van der Waals surface area contributed by atoms with Crippen LogP contribution in [0.5, 0.6) is 17.2 Å². The molecule has 0 bridgehead atoms. The van der Waals surface area contributed by atoms with Crippen LogP contribution in [0.1, 0.15) is 13.3 Å². The fourth-order valence-electron chi connectivity index (χ4n) is 2.98. The maximum atomic E-state index is 13.0. The zero-order valence-corrected chi connectivity index (χ0v) is 15.0. The molecule has 1 amide bonds. The Morgan fingerprint density at radius 1 is 1.00 bits per heavy atom. The zero-order chi connectivity index (χ0) is 18.7. The second-order valence-electron chi connectivity index (χ2n) is 6.28. The van der Waals surface area contributed by atoms with Gasteiger partial charge in [-0.15, -0.1) is 0 Å². The standard InChI is InChI=1S/C20H21NO5/c1-20(19(23)26-15-10-8-14(24-2)9-11-15)12-13-21(18(20)22)16-6-4-5-7-17(16)25-3/h4-11H,12-13H2,1-3H3/t20-/m1/s1. The number of amides is 1. The molecule has 1 aliphatic rings. The lowest BCUT2D eigenvalue weighted by Crippen LogP contribution is -2.40. The molecule has 0 radical (unpaired) electrons. The van der Waals surface area contributed by atoms with Gasteiger partial charge in [-0.2, -0.15) is 0 Å².